The summed E-state index contributed by atoms with van der Waals surface area (Å²) in [6.07, 6.45) is 1.59. The zero-order chi connectivity index (χ0) is 16.8. The third-order valence-corrected chi connectivity index (χ3v) is 5.37. The zero-order valence-electron chi connectivity index (χ0n) is 12.4. The number of aromatic nitrogens is 1. The highest BCUT2D eigenvalue weighted by molar-refractivity contribution is 9.10. The van der Waals surface area contributed by atoms with Gasteiger partial charge in [0.25, 0.3) is 10.1 Å². The van der Waals surface area contributed by atoms with Gasteiger partial charge in [0, 0.05) is 4.47 Å². The summed E-state index contributed by atoms with van der Waals surface area (Å²) in [5, 5.41) is 0. The van der Waals surface area contributed by atoms with Crippen LogP contribution in [-0.2, 0) is 10.1 Å². The standard InChI is InChI=1S/C14H16BrN3O3S/c1-7-6-8(2)13(22(19,20)21)9(3)11(7)12-10(15)4-5-18(17)14(12)16/h4-6,16H,17H2,1-3H3,(H,19,20,21)/p+1. The molecule has 0 spiro atoms. The highest BCUT2D eigenvalue weighted by Crippen LogP contribution is 2.39. The van der Waals surface area contributed by atoms with Crippen molar-refractivity contribution >= 4 is 31.9 Å². The van der Waals surface area contributed by atoms with Crippen molar-refractivity contribution in [3.05, 3.63) is 39.5 Å². The van der Waals surface area contributed by atoms with E-state index >= 15 is 0 Å². The number of halogens is 1. The van der Waals surface area contributed by atoms with Crippen molar-refractivity contribution in [3.8, 4) is 11.1 Å². The number of nitrogens with zero attached hydrogens (tertiary/aromatic N) is 1. The van der Waals surface area contributed by atoms with Crippen LogP contribution in [0.2, 0.25) is 0 Å². The molecule has 8 heteroatoms. The molecule has 0 amide bonds. The van der Waals surface area contributed by atoms with Gasteiger partial charge in [-0.05, 0) is 65.0 Å². The molecule has 22 heavy (non-hydrogen) atoms. The van der Waals surface area contributed by atoms with E-state index in [1.807, 2.05) is 6.92 Å². The highest BCUT2D eigenvalue weighted by Gasteiger charge is 2.25. The van der Waals surface area contributed by atoms with Crippen molar-refractivity contribution in [3.63, 3.8) is 0 Å². The van der Waals surface area contributed by atoms with Crippen molar-refractivity contribution in [1.29, 1.82) is 0 Å². The number of rotatable bonds is 2. The Morgan fingerprint density at radius 3 is 2.32 bits per heavy atom. The number of hydrogen-bond donors (Lipinski definition) is 3. The first kappa shape index (κ1) is 16.7. The maximum absolute atomic E-state index is 11.7. The molecule has 5 N–H and O–H groups in total. The second-order valence-electron chi connectivity index (χ2n) is 5.15. The summed E-state index contributed by atoms with van der Waals surface area (Å²) < 4.78 is 34.8. The first-order valence-electron chi connectivity index (χ1n) is 6.39. The van der Waals surface area contributed by atoms with Crippen LogP contribution in [0, 0.1) is 20.8 Å². The van der Waals surface area contributed by atoms with Gasteiger partial charge in [-0.15, -0.1) is 4.68 Å². The van der Waals surface area contributed by atoms with Crippen molar-refractivity contribution in [2.75, 3.05) is 11.6 Å². The molecule has 118 valence electrons. The van der Waals surface area contributed by atoms with E-state index in [-0.39, 0.29) is 10.7 Å². The third kappa shape index (κ3) is 2.69. The molecule has 0 bridgehead atoms. The lowest BCUT2D eigenvalue weighted by atomic mass is 9.94. The average Bonchev–Trinajstić information content (AvgIpc) is 2.35. The quantitative estimate of drug-likeness (QED) is 0.414. The van der Waals surface area contributed by atoms with Gasteiger partial charge >= 0.3 is 5.82 Å². The fraction of sp³-hybridized carbons (Fsp3) is 0.214. The summed E-state index contributed by atoms with van der Waals surface area (Å²) in [4.78, 5) is -0.105. The van der Waals surface area contributed by atoms with Gasteiger partial charge in [-0.25, -0.2) is 0 Å². The lowest BCUT2D eigenvalue weighted by Gasteiger charge is -2.17. The van der Waals surface area contributed by atoms with E-state index < -0.39 is 10.1 Å². The molecule has 0 aliphatic heterocycles. The van der Waals surface area contributed by atoms with Gasteiger partial charge in [-0.2, -0.15) is 8.42 Å². The molecule has 0 fully saturated rings. The monoisotopic (exact) mass is 386 g/mol. The summed E-state index contributed by atoms with van der Waals surface area (Å²) in [6, 6.07) is 3.42. The van der Waals surface area contributed by atoms with Crippen LogP contribution in [0.15, 0.2) is 27.7 Å². The van der Waals surface area contributed by atoms with E-state index in [4.69, 9.17) is 11.6 Å². The first-order valence-corrected chi connectivity index (χ1v) is 8.62. The Kier molecular flexibility index (Phi) is 4.20. The van der Waals surface area contributed by atoms with Crippen LogP contribution in [0.5, 0.6) is 0 Å². The number of benzene rings is 1. The SMILES string of the molecule is Cc1cc(C)c(S(=O)(=O)O)c(C)c1-c1c(Br)cc[n+](N)c1N. The van der Waals surface area contributed by atoms with E-state index in [1.54, 1.807) is 32.2 Å². The summed E-state index contributed by atoms with van der Waals surface area (Å²) in [5.74, 6) is 6.07. The predicted molar refractivity (Wildman–Crippen MR) is 88.4 cm³/mol. The Hall–Kier alpha value is -1.64. The second-order valence-corrected chi connectivity index (χ2v) is 7.36. The minimum Gasteiger partial charge on any atom is -0.285 e. The number of aryl methyl sites for hydroxylation is 2. The lowest BCUT2D eigenvalue weighted by molar-refractivity contribution is -0.623. The lowest BCUT2D eigenvalue weighted by Crippen LogP contribution is -2.47. The molecule has 6 nitrogen and oxygen atoms in total. The minimum atomic E-state index is -4.34. The van der Waals surface area contributed by atoms with Crippen LogP contribution in [0.25, 0.3) is 11.1 Å². The molecule has 0 unspecified atom stereocenters. The summed E-state index contributed by atoms with van der Waals surface area (Å²) in [7, 11) is -4.34. The van der Waals surface area contributed by atoms with E-state index in [0.717, 1.165) is 5.56 Å². The van der Waals surface area contributed by atoms with E-state index in [1.165, 1.54) is 4.68 Å². The minimum absolute atomic E-state index is 0.105. The van der Waals surface area contributed by atoms with Gasteiger partial charge in [-0.1, -0.05) is 6.07 Å². The zero-order valence-corrected chi connectivity index (χ0v) is 14.8. The smallest absolute Gasteiger partial charge is 0.285 e. The molecule has 1 aromatic heterocycles. The van der Waals surface area contributed by atoms with Crippen molar-refractivity contribution in [1.82, 2.24) is 0 Å². The summed E-state index contributed by atoms with van der Waals surface area (Å²) >= 11 is 3.42. The van der Waals surface area contributed by atoms with Crippen LogP contribution in [0.1, 0.15) is 16.7 Å². The predicted octanol–water partition coefficient (Wildman–Crippen LogP) is 1.87. The van der Waals surface area contributed by atoms with Gasteiger partial charge in [0.05, 0.1) is 5.56 Å². The molecule has 0 saturated carbocycles. The molecule has 0 aliphatic carbocycles. The van der Waals surface area contributed by atoms with E-state index in [2.05, 4.69) is 15.9 Å². The first-order chi connectivity index (χ1) is 10.1. The number of nitrogen functional groups attached to an aromatic ring is 2. The molecule has 0 aliphatic rings. The molecule has 1 aromatic carbocycles. The van der Waals surface area contributed by atoms with Crippen molar-refractivity contribution in [2.24, 2.45) is 0 Å². The molecule has 2 aromatic rings. The van der Waals surface area contributed by atoms with Crippen molar-refractivity contribution in [2.45, 2.75) is 25.7 Å². The molecular weight excluding hydrogens is 370 g/mol. The highest BCUT2D eigenvalue weighted by atomic mass is 79.9. The molecule has 0 radical (unpaired) electrons. The Morgan fingerprint density at radius 1 is 1.18 bits per heavy atom. The second kappa shape index (κ2) is 5.53. The number of hydrogen-bond acceptors (Lipinski definition) is 4. The average molecular weight is 387 g/mol. The topological polar surface area (TPSA) is 110 Å². The molecule has 1 heterocycles. The Bertz CT molecular complexity index is 880. The van der Waals surface area contributed by atoms with Gasteiger partial charge in [-0.3, -0.25) is 16.1 Å². The Balaban J connectivity index is 2.99. The summed E-state index contributed by atoms with van der Waals surface area (Å²) in [6.45, 7) is 5.13. The Morgan fingerprint density at radius 2 is 1.77 bits per heavy atom. The van der Waals surface area contributed by atoms with Crippen LogP contribution in [0.4, 0.5) is 5.82 Å². The van der Waals surface area contributed by atoms with Gasteiger partial charge in [0.2, 0.25) is 0 Å². The normalized spacial score (nSPS) is 11.7. The maximum atomic E-state index is 11.7. The maximum Gasteiger partial charge on any atom is 0.304 e. The molecular formula is C14H17BrN3O3S+. The number of anilines is 1. The third-order valence-electron chi connectivity index (χ3n) is 3.56. The number of nitrogens with two attached hydrogens (primary N) is 2. The van der Waals surface area contributed by atoms with Gasteiger partial charge < -0.3 is 0 Å². The van der Waals surface area contributed by atoms with Gasteiger partial charge in [0.15, 0.2) is 0 Å². The van der Waals surface area contributed by atoms with Crippen LogP contribution in [-0.4, -0.2) is 13.0 Å². The number of pyridine rings is 1. The van der Waals surface area contributed by atoms with Crippen LogP contribution in [0.3, 0.4) is 0 Å². The van der Waals surface area contributed by atoms with Crippen LogP contribution < -0.4 is 16.3 Å². The summed E-state index contributed by atoms with van der Waals surface area (Å²) in [5.41, 5.74) is 9.00. The molecule has 0 atom stereocenters. The van der Waals surface area contributed by atoms with E-state index in [9.17, 15) is 13.0 Å². The molecule has 2 rings (SSSR count). The fourth-order valence-electron chi connectivity index (χ4n) is 2.76. The fourth-order valence-corrected chi connectivity index (χ4v) is 4.23. The van der Waals surface area contributed by atoms with Gasteiger partial charge in [0.1, 0.15) is 11.1 Å². The molecule has 0 saturated heterocycles. The Labute approximate surface area is 137 Å². The largest absolute Gasteiger partial charge is 0.304 e. The van der Waals surface area contributed by atoms with Crippen LogP contribution >= 0.6 is 15.9 Å². The van der Waals surface area contributed by atoms with E-state index in [0.29, 0.717) is 26.7 Å². The van der Waals surface area contributed by atoms with Crippen molar-refractivity contribution < 1.29 is 17.6 Å².